The van der Waals surface area contributed by atoms with Gasteiger partial charge in [0.15, 0.2) is 0 Å². The summed E-state index contributed by atoms with van der Waals surface area (Å²) < 4.78 is 10.3. The number of nitrogens with two attached hydrogens (primary N) is 1. The summed E-state index contributed by atoms with van der Waals surface area (Å²) in [7, 11) is 2.02. The molecule has 0 bridgehead atoms. The number of halogens is 1. The predicted octanol–water partition coefficient (Wildman–Crippen LogP) is 7.84. The van der Waals surface area contributed by atoms with Crippen LogP contribution in [0.1, 0.15) is 45.1 Å². The lowest BCUT2D eigenvalue weighted by Crippen LogP contribution is -2.10. The lowest BCUT2D eigenvalue weighted by Gasteiger charge is -2.19. The van der Waals surface area contributed by atoms with E-state index in [4.69, 9.17) is 15.9 Å². The first-order valence-electron chi connectivity index (χ1n) is 13.0. The van der Waals surface area contributed by atoms with Crippen molar-refractivity contribution in [3.63, 3.8) is 0 Å². The van der Waals surface area contributed by atoms with Crippen LogP contribution in [0, 0.1) is 5.41 Å². The number of ether oxygens (including phenoxy) is 1. The first-order chi connectivity index (χ1) is 18.5. The van der Waals surface area contributed by atoms with E-state index in [1.165, 1.54) is 0 Å². The molecule has 0 amide bonds. The molecule has 0 saturated heterocycles. The number of aromatic nitrogens is 3. The highest BCUT2D eigenvalue weighted by Crippen LogP contribution is 2.37. The Kier molecular flexibility index (Phi) is 9.89. The van der Waals surface area contributed by atoms with Gasteiger partial charge in [0.1, 0.15) is 29.3 Å². The molecule has 8 heteroatoms. The fourth-order valence-electron chi connectivity index (χ4n) is 4.64. The van der Waals surface area contributed by atoms with Crippen LogP contribution in [0.5, 0.6) is 11.5 Å². The maximum Gasteiger partial charge on any atom is 0.146 e. The van der Waals surface area contributed by atoms with Crippen molar-refractivity contribution in [2.45, 2.75) is 45.1 Å². The molecule has 7 nitrogen and oxygen atoms in total. The monoisotopic (exact) mass is 622 g/mol. The molecule has 4 aromatic rings. The molecule has 2 aromatic carbocycles. The van der Waals surface area contributed by atoms with Gasteiger partial charge in [-0.3, -0.25) is 0 Å². The first-order valence-corrected chi connectivity index (χ1v) is 14.0. The van der Waals surface area contributed by atoms with Gasteiger partial charge in [-0.05, 0) is 68.6 Å². The summed E-state index contributed by atoms with van der Waals surface area (Å²) in [5, 5.41) is 9.16. The second kappa shape index (κ2) is 13.5. The van der Waals surface area contributed by atoms with Crippen LogP contribution >= 0.6 is 22.9 Å². The zero-order valence-electron chi connectivity index (χ0n) is 22.0. The van der Waals surface area contributed by atoms with E-state index < -0.39 is 0 Å². The second-order valence-electron chi connectivity index (χ2n) is 9.40. The topological polar surface area (TPSA) is 93.0 Å². The van der Waals surface area contributed by atoms with Crippen LogP contribution in [-0.4, -0.2) is 37.0 Å². The third kappa shape index (κ3) is 7.20. The maximum atomic E-state index is 8.29. The van der Waals surface area contributed by atoms with Crippen LogP contribution in [0.4, 0.5) is 5.82 Å². The number of benzene rings is 2. The van der Waals surface area contributed by atoms with Gasteiger partial charge in [-0.25, -0.2) is 13.1 Å². The highest BCUT2D eigenvalue weighted by atomic mass is 127. The Bertz CT molecular complexity index is 1370. The third-order valence-corrected chi connectivity index (χ3v) is 6.85. The summed E-state index contributed by atoms with van der Waals surface area (Å²) in [6.45, 7) is 3.04. The lowest BCUT2D eigenvalue weighted by atomic mass is 10.0. The normalized spacial score (nSPS) is 12.4. The molecule has 2 heterocycles. The van der Waals surface area contributed by atoms with Crippen molar-refractivity contribution in [3.05, 3.63) is 79.3 Å². The molecule has 0 saturated carbocycles. The molecule has 0 aliphatic carbocycles. The molecule has 2 aromatic heterocycles. The van der Waals surface area contributed by atoms with Crippen molar-refractivity contribution < 1.29 is 4.74 Å². The maximum absolute atomic E-state index is 8.29. The van der Waals surface area contributed by atoms with Gasteiger partial charge in [-0.1, -0.05) is 49.8 Å². The number of anilines is 1. The van der Waals surface area contributed by atoms with Crippen molar-refractivity contribution in [2.75, 3.05) is 19.3 Å². The van der Waals surface area contributed by atoms with E-state index in [1.807, 2.05) is 61.7 Å². The molecule has 1 unspecified atom stereocenters. The molecular weight excluding hydrogens is 587 g/mol. The number of nitrogen functional groups attached to an aromatic ring is 1. The van der Waals surface area contributed by atoms with E-state index in [2.05, 4.69) is 65.8 Å². The van der Waals surface area contributed by atoms with E-state index in [0.29, 0.717) is 11.5 Å². The van der Waals surface area contributed by atoms with Crippen LogP contribution in [0.15, 0.2) is 79.3 Å². The minimum Gasteiger partial charge on any atom is -0.457 e. The quantitative estimate of drug-likeness (QED) is 0.0901. The van der Waals surface area contributed by atoms with Crippen LogP contribution in [0.25, 0.3) is 22.2 Å². The number of hydrogen-bond donors (Lipinski definition) is 2. The van der Waals surface area contributed by atoms with Crippen molar-refractivity contribution in [2.24, 2.45) is 0 Å². The molecular formula is C30H35IN6O. The molecule has 0 aliphatic rings. The number of fused-ring (bicyclic) bond motifs is 1. The Labute approximate surface area is 238 Å². The number of allylic oxidation sites excluding steroid dienone is 1. The van der Waals surface area contributed by atoms with Crippen molar-refractivity contribution in [1.29, 1.82) is 5.41 Å². The third-order valence-electron chi connectivity index (χ3n) is 6.46. The summed E-state index contributed by atoms with van der Waals surface area (Å²) in [5.41, 5.74) is 9.97. The number of hydrogen-bond acceptors (Lipinski definition) is 6. The van der Waals surface area contributed by atoms with Crippen LogP contribution in [0.3, 0.4) is 0 Å². The first kappa shape index (κ1) is 27.8. The Morgan fingerprint density at radius 1 is 1.11 bits per heavy atom. The molecule has 0 aliphatic heterocycles. The van der Waals surface area contributed by atoms with E-state index in [0.717, 1.165) is 72.3 Å². The SMILES string of the molecule is CCCC(CCCC(=N)/C=C/CN(C)I)n1cc(-c2ccc(Oc3ccccc3)cc2)c2c(N)ncnc21. The van der Waals surface area contributed by atoms with Crippen LogP contribution < -0.4 is 10.5 Å². The van der Waals surface area contributed by atoms with Gasteiger partial charge >= 0.3 is 0 Å². The Morgan fingerprint density at radius 2 is 1.84 bits per heavy atom. The van der Waals surface area contributed by atoms with Crippen molar-refractivity contribution in [3.8, 4) is 22.6 Å². The number of likely N-dealkylation sites (N-methyl/N-ethyl adjacent to an activating group) is 1. The van der Waals surface area contributed by atoms with Gasteiger partial charge in [0.2, 0.25) is 0 Å². The molecule has 4 rings (SSSR count). The van der Waals surface area contributed by atoms with Gasteiger partial charge in [0, 0.05) is 52.9 Å². The van der Waals surface area contributed by atoms with Crippen molar-refractivity contribution in [1.82, 2.24) is 17.6 Å². The fourth-order valence-corrected chi connectivity index (χ4v) is 4.87. The molecule has 0 fully saturated rings. The van der Waals surface area contributed by atoms with Gasteiger partial charge in [-0.2, -0.15) is 0 Å². The van der Waals surface area contributed by atoms with Crippen LogP contribution in [-0.2, 0) is 0 Å². The van der Waals surface area contributed by atoms with Gasteiger partial charge in [0.25, 0.3) is 0 Å². The van der Waals surface area contributed by atoms with E-state index in [9.17, 15) is 0 Å². The lowest BCUT2D eigenvalue weighted by molar-refractivity contribution is 0.431. The average Bonchev–Trinajstić information content (AvgIpc) is 3.30. The smallest absolute Gasteiger partial charge is 0.146 e. The Morgan fingerprint density at radius 3 is 2.55 bits per heavy atom. The summed E-state index contributed by atoms with van der Waals surface area (Å²) in [6, 6.07) is 18.1. The minimum absolute atomic E-state index is 0.267. The average molecular weight is 623 g/mol. The highest BCUT2D eigenvalue weighted by Gasteiger charge is 2.20. The highest BCUT2D eigenvalue weighted by molar-refractivity contribution is 14.1. The van der Waals surface area contributed by atoms with Gasteiger partial charge in [0.05, 0.1) is 5.39 Å². The summed E-state index contributed by atoms with van der Waals surface area (Å²) in [5.74, 6) is 2.06. The zero-order valence-corrected chi connectivity index (χ0v) is 24.1. The van der Waals surface area contributed by atoms with E-state index >= 15 is 0 Å². The number of para-hydroxylation sites is 1. The molecule has 0 radical (unpaired) electrons. The number of rotatable bonds is 13. The summed E-state index contributed by atoms with van der Waals surface area (Å²) >= 11 is 2.25. The predicted molar refractivity (Wildman–Crippen MR) is 165 cm³/mol. The summed E-state index contributed by atoms with van der Waals surface area (Å²) in [4.78, 5) is 8.95. The Hall–Kier alpha value is -3.24. The molecule has 198 valence electrons. The zero-order chi connectivity index (χ0) is 26.9. The van der Waals surface area contributed by atoms with Gasteiger partial charge in [-0.15, -0.1) is 0 Å². The number of nitrogens with zero attached hydrogens (tertiary/aromatic N) is 4. The largest absolute Gasteiger partial charge is 0.457 e. The van der Waals surface area contributed by atoms with E-state index in [1.54, 1.807) is 6.33 Å². The minimum atomic E-state index is 0.267. The van der Waals surface area contributed by atoms with Crippen LogP contribution in [0.2, 0.25) is 0 Å². The standard InChI is InChI=1S/C30H35IN6O/c1-3-9-24(12-7-10-23(32)11-8-19-36(2)31)37-20-27(28-29(33)34-21-35-30(28)37)22-15-17-26(18-16-22)38-25-13-5-4-6-14-25/h4-6,8,11,13-18,20-21,24,32H,3,7,9-10,12,19H2,1-2H3,(H2,33,34,35)/b11-8+,32-23?. The van der Waals surface area contributed by atoms with Crippen molar-refractivity contribution >= 4 is 45.4 Å². The summed E-state index contributed by atoms with van der Waals surface area (Å²) in [6.07, 6.45) is 12.4. The second-order valence-corrected chi connectivity index (χ2v) is 11.0. The molecule has 1 atom stereocenters. The molecule has 3 N–H and O–H groups in total. The Balaban J connectivity index is 1.56. The van der Waals surface area contributed by atoms with E-state index in [-0.39, 0.29) is 6.04 Å². The molecule has 0 spiro atoms. The fraction of sp³-hybridized carbons (Fsp3) is 0.300. The number of nitrogens with one attached hydrogen (secondary N) is 1. The van der Waals surface area contributed by atoms with Gasteiger partial charge < -0.3 is 20.4 Å². The molecule has 38 heavy (non-hydrogen) atoms.